The summed E-state index contributed by atoms with van der Waals surface area (Å²) in [7, 11) is 1.46. The molecule has 0 spiro atoms. The molecular formula is C14H19FO2. The number of benzene rings is 1. The Morgan fingerprint density at radius 3 is 2.71 bits per heavy atom. The quantitative estimate of drug-likeness (QED) is 0.876. The number of aliphatic hydroxyl groups is 1. The Balaban J connectivity index is 2.27. The molecule has 1 aliphatic carbocycles. The number of hydrogen-bond acceptors (Lipinski definition) is 2. The Labute approximate surface area is 101 Å². The molecule has 3 atom stereocenters. The maximum absolute atomic E-state index is 13.6. The molecule has 1 saturated carbocycles. The first-order chi connectivity index (χ1) is 8.02. The van der Waals surface area contributed by atoms with Crippen molar-refractivity contribution in [1.29, 1.82) is 0 Å². The molecule has 0 amide bonds. The Bertz CT molecular complexity index is 419. The Morgan fingerprint density at radius 2 is 2.24 bits per heavy atom. The van der Waals surface area contributed by atoms with Gasteiger partial charge in [0.05, 0.1) is 13.2 Å². The van der Waals surface area contributed by atoms with Crippen molar-refractivity contribution in [3.8, 4) is 5.75 Å². The number of halogens is 1. The molecule has 1 aromatic rings. The Morgan fingerprint density at radius 1 is 1.53 bits per heavy atom. The molecule has 0 aromatic heterocycles. The van der Waals surface area contributed by atoms with Gasteiger partial charge in [-0.1, -0.05) is 19.9 Å². The van der Waals surface area contributed by atoms with Crippen molar-refractivity contribution in [2.75, 3.05) is 7.11 Å². The summed E-state index contributed by atoms with van der Waals surface area (Å²) in [6.45, 7) is 4.13. The third kappa shape index (κ3) is 1.82. The lowest BCUT2D eigenvalue weighted by molar-refractivity contribution is -0.0778. The van der Waals surface area contributed by atoms with Crippen LogP contribution in [-0.4, -0.2) is 18.3 Å². The van der Waals surface area contributed by atoms with Crippen molar-refractivity contribution in [1.82, 2.24) is 0 Å². The lowest BCUT2D eigenvalue weighted by Gasteiger charge is -2.51. The second-order valence-electron chi connectivity index (χ2n) is 5.06. The van der Waals surface area contributed by atoms with Crippen LogP contribution in [0.5, 0.6) is 5.75 Å². The lowest BCUT2D eigenvalue weighted by Crippen LogP contribution is -2.49. The minimum atomic E-state index is -0.329. The van der Waals surface area contributed by atoms with Crippen LogP contribution in [-0.2, 0) is 0 Å². The van der Waals surface area contributed by atoms with Crippen LogP contribution in [0.3, 0.4) is 0 Å². The second-order valence-corrected chi connectivity index (χ2v) is 5.06. The molecule has 94 valence electrons. The smallest absolute Gasteiger partial charge is 0.165 e. The van der Waals surface area contributed by atoms with Gasteiger partial charge in [-0.2, -0.15) is 0 Å². The van der Waals surface area contributed by atoms with Gasteiger partial charge < -0.3 is 9.84 Å². The first-order valence-electron chi connectivity index (χ1n) is 6.04. The molecule has 1 fully saturated rings. The lowest BCUT2D eigenvalue weighted by atomic mass is 9.55. The number of aliphatic hydroxyl groups excluding tert-OH is 1. The average molecular weight is 238 g/mol. The van der Waals surface area contributed by atoms with Gasteiger partial charge in [0.1, 0.15) is 0 Å². The van der Waals surface area contributed by atoms with E-state index in [9.17, 15) is 9.50 Å². The van der Waals surface area contributed by atoms with Gasteiger partial charge in [0.2, 0.25) is 0 Å². The van der Waals surface area contributed by atoms with Crippen LogP contribution in [0.25, 0.3) is 0 Å². The molecule has 0 bridgehead atoms. The van der Waals surface area contributed by atoms with Crippen LogP contribution in [0.15, 0.2) is 18.2 Å². The zero-order valence-electron chi connectivity index (χ0n) is 10.5. The molecule has 0 heterocycles. The first kappa shape index (κ1) is 12.4. The number of hydrogen-bond donors (Lipinski definition) is 1. The number of rotatable bonds is 3. The first-order valence-corrected chi connectivity index (χ1v) is 6.04. The molecule has 0 radical (unpaired) electrons. The van der Waals surface area contributed by atoms with Crippen molar-refractivity contribution in [3.05, 3.63) is 29.6 Å². The molecule has 1 N–H and O–H groups in total. The van der Waals surface area contributed by atoms with Crippen molar-refractivity contribution < 1.29 is 14.2 Å². The zero-order chi connectivity index (χ0) is 12.6. The summed E-state index contributed by atoms with van der Waals surface area (Å²) in [5.41, 5.74) is 0.832. The summed E-state index contributed by atoms with van der Waals surface area (Å²) >= 11 is 0. The fraction of sp³-hybridized carbons (Fsp3) is 0.571. The zero-order valence-corrected chi connectivity index (χ0v) is 10.5. The minimum Gasteiger partial charge on any atom is -0.494 e. The maximum Gasteiger partial charge on any atom is 0.165 e. The summed E-state index contributed by atoms with van der Waals surface area (Å²) in [4.78, 5) is 0. The van der Waals surface area contributed by atoms with Gasteiger partial charge in [-0.25, -0.2) is 4.39 Å². The fourth-order valence-corrected chi connectivity index (χ4v) is 2.73. The van der Waals surface area contributed by atoms with E-state index < -0.39 is 0 Å². The van der Waals surface area contributed by atoms with E-state index >= 15 is 0 Å². The van der Waals surface area contributed by atoms with Crippen LogP contribution in [0.4, 0.5) is 4.39 Å². The highest BCUT2D eigenvalue weighted by Gasteiger charge is 2.50. The third-order valence-corrected chi connectivity index (χ3v) is 4.36. The molecule has 0 saturated heterocycles. The highest BCUT2D eigenvalue weighted by molar-refractivity contribution is 5.34. The van der Waals surface area contributed by atoms with Crippen LogP contribution < -0.4 is 4.74 Å². The van der Waals surface area contributed by atoms with E-state index in [4.69, 9.17) is 4.74 Å². The van der Waals surface area contributed by atoms with E-state index in [2.05, 4.69) is 13.8 Å². The fourth-order valence-electron chi connectivity index (χ4n) is 2.73. The van der Waals surface area contributed by atoms with Crippen molar-refractivity contribution in [2.24, 2.45) is 5.41 Å². The van der Waals surface area contributed by atoms with E-state index in [-0.39, 0.29) is 29.0 Å². The van der Waals surface area contributed by atoms with Crippen molar-refractivity contribution >= 4 is 0 Å². The molecule has 2 rings (SSSR count). The maximum atomic E-state index is 13.6. The van der Waals surface area contributed by atoms with Gasteiger partial charge in [-0.15, -0.1) is 0 Å². The normalized spacial score (nSPS) is 32.1. The highest BCUT2D eigenvalue weighted by atomic mass is 19.1. The van der Waals surface area contributed by atoms with Crippen LogP contribution in [0, 0.1) is 11.2 Å². The largest absolute Gasteiger partial charge is 0.494 e. The van der Waals surface area contributed by atoms with Gasteiger partial charge in [0.15, 0.2) is 11.6 Å². The SMILES string of the molecule is CCC1(C)C(O)CC1c1ccc(OC)c(F)c1. The van der Waals surface area contributed by atoms with Crippen molar-refractivity contribution in [3.63, 3.8) is 0 Å². The molecule has 3 heteroatoms. The number of ether oxygens (including phenoxy) is 1. The minimum absolute atomic E-state index is 0.124. The Hall–Kier alpha value is -1.09. The van der Waals surface area contributed by atoms with Crippen LogP contribution in [0.1, 0.15) is 38.2 Å². The average Bonchev–Trinajstić information content (AvgIpc) is 2.34. The van der Waals surface area contributed by atoms with Crippen molar-refractivity contribution in [2.45, 2.75) is 38.7 Å². The monoisotopic (exact) mass is 238 g/mol. The molecule has 17 heavy (non-hydrogen) atoms. The molecule has 0 aliphatic heterocycles. The predicted octanol–water partition coefficient (Wildman–Crippen LogP) is 3.10. The molecule has 1 aromatic carbocycles. The molecular weight excluding hydrogens is 219 g/mol. The summed E-state index contributed by atoms with van der Waals surface area (Å²) in [5.74, 6) is 0.180. The van der Waals surface area contributed by atoms with E-state index in [0.717, 1.165) is 18.4 Å². The molecule has 2 nitrogen and oxygen atoms in total. The summed E-state index contributed by atoms with van der Waals surface area (Å²) in [5, 5.41) is 9.85. The summed E-state index contributed by atoms with van der Waals surface area (Å²) in [6, 6.07) is 5.08. The summed E-state index contributed by atoms with van der Waals surface area (Å²) < 4.78 is 18.5. The van der Waals surface area contributed by atoms with Gasteiger partial charge in [0, 0.05) is 5.41 Å². The number of methoxy groups -OCH3 is 1. The topological polar surface area (TPSA) is 29.5 Å². The van der Waals surface area contributed by atoms with Gasteiger partial charge in [0.25, 0.3) is 0 Å². The Kier molecular flexibility index (Phi) is 3.13. The van der Waals surface area contributed by atoms with E-state index in [1.165, 1.54) is 13.2 Å². The van der Waals surface area contributed by atoms with E-state index in [1.54, 1.807) is 6.07 Å². The summed E-state index contributed by atoms with van der Waals surface area (Å²) in [6.07, 6.45) is 1.34. The van der Waals surface area contributed by atoms with Crippen LogP contribution >= 0.6 is 0 Å². The third-order valence-electron chi connectivity index (χ3n) is 4.36. The van der Waals surface area contributed by atoms with Gasteiger partial charge in [-0.05, 0) is 36.5 Å². The van der Waals surface area contributed by atoms with Gasteiger partial charge in [-0.3, -0.25) is 0 Å². The van der Waals surface area contributed by atoms with Gasteiger partial charge >= 0.3 is 0 Å². The standard InChI is InChI=1S/C14H19FO2/c1-4-14(2)10(8-13(14)16)9-5-6-12(17-3)11(15)7-9/h5-7,10,13,16H,4,8H2,1-3H3. The van der Waals surface area contributed by atoms with Crippen LogP contribution in [0.2, 0.25) is 0 Å². The molecule has 1 aliphatic rings. The molecule has 3 unspecified atom stereocenters. The van der Waals surface area contributed by atoms with E-state index in [0.29, 0.717) is 0 Å². The highest BCUT2D eigenvalue weighted by Crippen LogP contribution is 2.55. The van der Waals surface area contributed by atoms with E-state index in [1.807, 2.05) is 6.07 Å². The predicted molar refractivity (Wildman–Crippen MR) is 64.7 cm³/mol. The second kappa shape index (κ2) is 4.30.